The summed E-state index contributed by atoms with van der Waals surface area (Å²) in [5, 5.41) is 0. The van der Waals surface area contributed by atoms with Crippen LogP contribution in [-0.4, -0.2) is 42.3 Å². The SMILES string of the molecule is Cc1cc(C2CN(C(=O)c3ccc4c(c3)OCO4)CCO2)ccn1. The molecule has 1 fully saturated rings. The van der Waals surface area contributed by atoms with Crippen LogP contribution in [0.25, 0.3) is 0 Å². The highest BCUT2D eigenvalue weighted by molar-refractivity contribution is 5.95. The summed E-state index contributed by atoms with van der Waals surface area (Å²) in [7, 11) is 0. The van der Waals surface area contributed by atoms with E-state index in [9.17, 15) is 4.79 Å². The number of aryl methyl sites for hydroxylation is 1. The van der Waals surface area contributed by atoms with E-state index in [4.69, 9.17) is 14.2 Å². The van der Waals surface area contributed by atoms with Crippen molar-refractivity contribution in [3.8, 4) is 11.5 Å². The molecule has 1 unspecified atom stereocenters. The number of carbonyl (C=O) groups excluding carboxylic acids is 1. The van der Waals surface area contributed by atoms with Gasteiger partial charge in [0, 0.05) is 24.0 Å². The molecule has 0 bridgehead atoms. The van der Waals surface area contributed by atoms with Gasteiger partial charge in [-0.1, -0.05) is 0 Å². The third kappa shape index (κ3) is 2.80. The zero-order chi connectivity index (χ0) is 16.5. The molecule has 2 aromatic rings. The average Bonchev–Trinajstić information content (AvgIpc) is 3.09. The largest absolute Gasteiger partial charge is 0.454 e. The Morgan fingerprint density at radius 3 is 2.96 bits per heavy atom. The molecule has 0 spiro atoms. The van der Waals surface area contributed by atoms with E-state index < -0.39 is 0 Å². The van der Waals surface area contributed by atoms with Crippen LogP contribution in [0.15, 0.2) is 36.5 Å². The predicted octanol–water partition coefficient (Wildman–Crippen LogP) is 2.33. The van der Waals surface area contributed by atoms with Gasteiger partial charge in [0.15, 0.2) is 11.5 Å². The van der Waals surface area contributed by atoms with Gasteiger partial charge in [0.05, 0.1) is 13.2 Å². The Morgan fingerprint density at radius 2 is 2.08 bits per heavy atom. The van der Waals surface area contributed by atoms with Crippen molar-refractivity contribution in [2.75, 3.05) is 26.5 Å². The lowest BCUT2D eigenvalue weighted by Gasteiger charge is -2.33. The van der Waals surface area contributed by atoms with Gasteiger partial charge in [-0.3, -0.25) is 9.78 Å². The van der Waals surface area contributed by atoms with Crippen molar-refractivity contribution in [3.05, 3.63) is 53.3 Å². The van der Waals surface area contributed by atoms with Gasteiger partial charge in [0.2, 0.25) is 6.79 Å². The lowest BCUT2D eigenvalue weighted by molar-refractivity contribution is -0.0228. The van der Waals surface area contributed by atoms with E-state index >= 15 is 0 Å². The number of benzene rings is 1. The zero-order valence-electron chi connectivity index (χ0n) is 13.4. The van der Waals surface area contributed by atoms with E-state index in [1.165, 1.54) is 0 Å². The van der Waals surface area contributed by atoms with Crippen molar-refractivity contribution < 1.29 is 19.0 Å². The molecule has 1 aromatic heterocycles. The number of nitrogens with zero attached hydrogens (tertiary/aromatic N) is 2. The molecule has 0 radical (unpaired) electrons. The van der Waals surface area contributed by atoms with Crippen molar-refractivity contribution in [2.45, 2.75) is 13.0 Å². The third-order valence-electron chi connectivity index (χ3n) is 4.27. The Balaban J connectivity index is 1.52. The zero-order valence-corrected chi connectivity index (χ0v) is 13.4. The first-order valence-electron chi connectivity index (χ1n) is 7.94. The standard InChI is InChI=1S/C18H18N2O4/c1-12-8-13(4-5-19-12)17-10-20(6-7-22-17)18(21)14-2-3-15-16(9-14)24-11-23-15/h2-5,8-9,17H,6-7,10-11H2,1H3. The summed E-state index contributed by atoms with van der Waals surface area (Å²) >= 11 is 0. The number of pyridine rings is 1. The quantitative estimate of drug-likeness (QED) is 0.848. The van der Waals surface area contributed by atoms with Gasteiger partial charge in [-0.2, -0.15) is 0 Å². The number of fused-ring (bicyclic) bond motifs is 1. The molecule has 1 atom stereocenters. The molecule has 2 aliphatic heterocycles. The minimum atomic E-state index is -0.126. The first-order valence-corrected chi connectivity index (χ1v) is 7.94. The number of amides is 1. The van der Waals surface area contributed by atoms with Gasteiger partial charge >= 0.3 is 0 Å². The molecule has 6 nitrogen and oxygen atoms in total. The molecule has 4 rings (SSSR count). The van der Waals surface area contributed by atoms with Crippen LogP contribution >= 0.6 is 0 Å². The fourth-order valence-electron chi connectivity index (χ4n) is 3.02. The van der Waals surface area contributed by atoms with Gasteiger partial charge in [0.25, 0.3) is 5.91 Å². The summed E-state index contributed by atoms with van der Waals surface area (Å²) in [6.45, 7) is 3.77. The Bertz CT molecular complexity index is 777. The molecule has 0 saturated carbocycles. The topological polar surface area (TPSA) is 60.9 Å². The summed E-state index contributed by atoms with van der Waals surface area (Å²) < 4.78 is 16.5. The maximum absolute atomic E-state index is 12.8. The van der Waals surface area contributed by atoms with Crippen LogP contribution in [0, 0.1) is 6.92 Å². The van der Waals surface area contributed by atoms with Crippen molar-refractivity contribution in [1.29, 1.82) is 0 Å². The summed E-state index contributed by atoms with van der Waals surface area (Å²) in [4.78, 5) is 18.8. The maximum Gasteiger partial charge on any atom is 0.254 e. The van der Waals surface area contributed by atoms with Crippen molar-refractivity contribution in [3.63, 3.8) is 0 Å². The number of aromatic nitrogens is 1. The average molecular weight is 326 g/mol. The van der Waals surface area contributed by atoms with Gasteiger partial charge in [-0.05, 0) is 42.8 Å². The van der Waals surface area contributed by atoms with E-state index in [1.54, 1.807) is 24.4 Å². The number of rotatable bonds is 2. The number of morpholine rings is 1. The van der Waals surface area contributed by atoms with Crippen LogP contribution in [0.4, 0.5) is 0 Å². The molecule has 124 valence electrons. The van der Waals surface area contributed by atoms with Crippen LogP contribution in [0.5, 0.6) is 11.5 Å². The molecule has 1 aromatic carbocycles. The minimum Gasteiger partial charge on any atom is -0.454 e. The molecule has 0 aliphatic carbocycles. The van der Waals surface area contributed by atoms with E-state index in [-0.39, 0.29) is 18.8 Å². The number of carbonyl (C=O) groups is 1. The molecule has 2 aliphatic rings. The van der Waals surface area contributed by atoms with Gasteiger partial charge < -0.3 is 19.1 Å². The van der Waals surface area contributed by atoms with E-state index in [0.29, 0.717) is 36.8 Å². The Kier molecular flexibility index (Phi) is 3.82. The molecule has 0 N–H and O–H groups in total. The second kappa shape index (κ2) is 6.13. The fourth-order valence-corrected chi connectivity index (χ4v) is 3.02. The second-order valence-corrected chi connectivity index (χ2v) is 5.91. The monoisotopic (exact) mass is 326 g/mol. The van der Waals surface area contributed by atoms with E-state index in [1.807, 2.05) is 24.0 Å². The van der Waals surface area contributed by atoms with Crippen LogP contribution in [0.2, 0.25) is 0 Å². The molecule has 24 heavy (non-hydrogen) atoms. The van der Waals surface area contributed by atoms with Crippen molar-refractivity contribution in [2.24, 2.45) is 0 Å². The van der Waals surface area contributed by atoms with Crippen molar-refractivity contribution in [1.82, 2.24) is 9.88 Å². The number of hydrogen-bond acceptors (Lipinski definition) is 5. The summed E-state index contributed by atoms with van der Waals surface area (Å²) in [6.07, 6.45) is 1.64. The van der Waals surface area contributed by atoms with Crippen LogP contribution in [0.3, 0.4) is 0 Å². The summed E-state index contributed by atoms with van der Waals surface area (Å²) in [5.74, 6) is 1.28. The molecule has 6 heteroatoms. The Morgan fingerprint density at radius 1 is 1.21 bits per heavy atom. The maximum atomic E-state index is 12.8. The fraction of sp³-hybridized carbons (Fsp3) is 0.333. The molecular weight excluding hydrogens is 308 g/mol. The van der Waals surface area contributed by atoms with E-state index in [2.05, 4.69) is 4.98 Å². The first-order chi connectivity index (χ1) is 11.7. The highest BCUT2D eigenvalue weighted by Gasteiger charge is 2.27. The minimum absolute atomic E-state index is 0.0209. The van der Waals surface area contributed by atoms with Crippen LogP contribution in [0.1, 0.15) is 27.7 Å². The highest BCUT2D eigenvalue weighted by Crippen LogP contribution is 2.33. The number of ether oxygens (including phenoxy) is 3. The lowest BCUT2D eigenvalue weighted by atomic mass is 10.1. The van der Waals surface area contributed by atoms with Gasteiger partial charge in [0.1, 0.15) is 6.10 Å². The Labute approximate surface area is 140 Å². The summed E-state index contributed by atoms with van der Waals surface area (Å²) in [5.41, 5.74) is 2.59. The highest BCUT2D eigenvalue weighted by atomic mass is 16.7. The molecule has 3 heterocycles. The predicted molar refractivity (Wildman–Crippen MR) is 86.1 cm³/mol. The van der Waals surface area contributed by atoms with Gasteiger partial charge in [-0.25, -0.2) is 0 Å². The van der Waals surface area contributed by atoms with Gasteiger partial charge in [-0.15, -0.1) is 0 Å². The Hall–Kier alpha value is -2.60. The van der Waals surface area contributed by atoms with Crippen LogP contribution in [-0.2, 0) is 4.74 Å². The second-order valence-electron chi connectivity index (χ2n) is 5.91. The molecular formula is C18H18N2O4. The smallest absolute Gasteiger partial charge is 0.254 e. The third-order valence-corrected chi connectivity index (χ3v) is 4.27. The first kappa shape index (κ1) is 15.0. The van der Waals surface area contributed by atoms with Crippen LogP contribution < -0.4 is 9.47 Å². The van der Waals surface area contributed by atoms with Crippen molar-refractivity contribution >= 4 is 5.91 Å². The normalized spacial score (nSPS) is 19.4. The van der Waals surface area contributed by atoms with E-state index in [0.717, 1.165) is 11.3 Å². The molecule has 1 saturated heterocycles. The number of hydrogen-bond donors (Lipinski definition) is 0. The molecule has 1 amide bonds. The lowest BCUT2D eigenvalue weighted by Crippen LogP contribution is -2.42. The summed E-state index contributed by atoms with van der Waals surface area (Å²) in [6, 6.07) is 9.23.